The SMILES string of the molecule is Cc1cc(-c2c(-c3cccc(C#N)c3)nn3ccc(NC45CC(O)(C4)C5)nc23)cc(Cl)n1. The van der Waals surface area contributed by atoms with Crippen molar-refractivity contribution < 1.29 is 5.11 Å². The van der Waals surface area contributed by atoms with Gasteiger partial charge in [-0.25, -0.2) is 14.5 Å². The van der Waals surface area contributed by atoms with Gasteiger partial charge in [-0.2, -0.15) is 10.4 Å². The summed E-state index contributed by atoms with van der Waals surface area (Å²) >= 11 is 6.29. The zero-order valence-corrected chi connectivity index (χ0v) is 18.1. The van der Waals surface area contributed by atoms with Crippen LogP contribution in [0, 0.1) is 18.3 Å². The molecule has 0 saturated heterocycles. The molecule has 7 rings (SSSR count). The van der Waals surface area contributed by atoms with Gasteiger partial charge < -0.3 is 10.4 Å². The zero-order valence-electron chi connectivity index (χ0n) is 17.3. The van der Waals surface area contributed by atoms with E-state index in [4.69, 9.17) is 21.7 Å². The first-order valence-corrected chi connectivity index (χ1v) is 10.8. The smallest absolute Gasteiger partial charge is 0.165 e. The summed E-state index contributed by atoms with van der Waals surface area (Å²) in [6, 6.07) is 15.2. The number of nitrogens with zero attached hydrogens (tertiary/aromatic N) is 5. The van der Waals surface area contributed by atoms with Crippen LogP contribution in [0.1, 0.15) is 30.5 Å². The highest BCUT2D eigenvalue weighted by Crippen LogP contribution is 2.61. The van der Waals surface area contributed by atoms with E-state index in [1.165, 1.54) is 0 Å². The van der Waals surface area contributed by atoms with E-state index >= 15 is 0 Å². The maximum atomic E-state index is 10.1. The molecule has 0 aliphatic heterocycles. The number of hydrogen-bond donors (Lipinski definition) is 2. The molecule has 3 heterocycles. The lowest BCUT2D eigenvalue weighted by Crippen LogP contribution is -2.75. The molecule has 3 fully saturated rings. The molecule has 8 heteroatoms. The molecule has 0 amide bonds. The molecule has 32 heavy (non-hydrogen) atoms. The first kappa shape index (κ1) is 19.2. The average molecular weight is 443 g/mol. The predicted molar refractivity (Wildman–Crippen MR) is 121 cm³/mol. The van der Waals surface area contributed by atoms with Crippen LogP contribution in [-0.4, -0.2) is 35.8 Å². The van der Waals surface area contributed by atoms with E-state index in [2.05, 4.69) is 16.4 Å². The molecule has 3 aliphatic rings. The van der Waals surface area contributed by atoms with Crippen molar-refractivity contribution in [2.24, 2.45) is 0 Å². The Morgan fingerprint density at radius 2 is 1.94 bits per heavy atom. The summed E-state index contributed by atoms with van der Waals surface area (Å²) in [5, 5.41) is 28.2. The molecule has 7 nitrogen and oxygen atoms in total. The van der Waals surface area contributed by atoms with Crippen LogP contribution in [0.5, 0.6) is 0 Å². The summed E-state index contributed by atoms with van der Waals surface area (Å²) in [5.41, 5.74) is 4.72. The van der Waals surface area contributed by atoms with Gasteiger partial charge in [0.05, 0.1) is 22.8 Å². The van der Waals surface area contributed by atoms with Crippen LogP contribution in [0.25, 0.3) is 28.0 Å². The Kier molecular flexibility index (Phi) is 3.92. The summed E-state index contributed by atoms with van der Waals surface area (Å²) in [5.74, 6) is 0.745. The fourth-order valence-corrected chi connectivity index (χ4v) is 5.36. The number of rotatable bonds is 4. The lowest BCUT2D eigenvalue weighted by atomic mass is 9.46. The third-order valence-electron chi connectivity index (χ3n) is 6.36. The topological polar surface area (TPSA) is 99.1 Å². The number of nitrogens with one attached hydrogen (secondary N) is 1. The van der Waals surface area contributed by atoms with E-state index in [0.29, 0.717) is 22.1 Å². The lowest BCUT2D eigenvalue weighted by molar-refractivity contribution is -0.195. The number of halogens is 1. The van der Waals surface area contributed by atoms with Crippen molar-refractivity contribution in [1.29, 1.82) is 5.26 Å². The second kappa shape index (κ2) is 6.52. The van der Waals surface area contributed by atoms with Gasteiger partial charge in [-0.3, -0.25) is 0 Å². The number of pyridine rings is 1. The number of nitriles is 1. The molecule has 0 radical (unpaired) electrons. The Bertz CT molecular complexity index is 1410. The van der Waals surface area contributed by atoms with Gasteiger partial charge in [0, 0.05) is 23.0 Å². The minimum Gasteiger partial charge on any atom is -0.390 e. The Morgan fingerprint density at radius 3 is 2.66 bits per heavy atom. The lowest BCUT2D eigenvalue weighted by Gasteiger charge is -2.67. The average Bonchev–Trinajstić information content (AvgIpc) is 3.10. The van der Waals surface area contributed by atoms with E-state index in [-0.39, 0.29) is 5.54 Å². The van der Waals surface area contributed by atoms with Crippen molar-refractivity contribution in [3.05, 3.63) is 65.1 Å². The van der Waals surface area contributed by atoms with E-state index < -0.39 is 5.60 Å². The molecular formula is C24H19ClN6O. The predicted octanol–water partition coefficient (Wildman–Crippen LogP) is 4.37. The van der Waals surface area contributed by atoms with Gasteiger partial charge in [0.1, 0.15) is 16.7 Å². The van der Waals surface area contributed by atoms with Crippen molar-refractivity contribution >= 4 is 23.1 Å². The molecule has 158 valence electrons. The quantitative estimate of drug-likeness (QED) is 0.455. The van der Waals surface area contributed by atoms with Gasteiger partial charge in [0.15, 0.2) is 5.65 Å². The standard InChI is InChI=1S/C24H19ClN6O/c1-14-7-17(9-18(25)27-14)20-21(16-4-2-3-15(8-16)10-26)30-31-6-5-19(28-22(20)31)29-23-11-24(32,12-23)13-23/h2-9,32H,11-13H2,1H3,(H,28,29). The van der Waals surface area contributed by atoms with Crippen LogP contribution in [0.3, 0.4) is 0 Å². The molecule has 3 aliphatic carbocycles. The molecule has 0 unspecified atom stereocenters. The van der Waals surface area contributed by atoms with E-state index in [0.717, 1.165) is 47.5 Å². The number of benzene rings is 1. The van der Waals surface area contributed by atoms with Gasteiger partial charge in [-0.15, -0.1) is 0 Å². The minimum atomic E-state index is -0.483. The van der Waals surface area contributed by atoms with E-state index in [9.17, 15) is 10.4 Å². The fourth-order valence-electron chi connectivity index (χ4n) is 5.11. The minimum absolute atomic E-state index is 0.0548. The van der Waals surface area contributed by atoms with Crippen molar-refractivity contribution in [2.45, 2.75) is 37.3 Å². The molecule has 3 aromatic heterocycles. The van der Waals surface area contributed by atoms with Crippen LogP contribution in [-0.2, 0) is 0 Å². The summed E-state index contributed by atoms with van der Waals surface area (Å²) in [7, 11) is 0. The molecule has 2 bridgehead atoms. The van der Waals surface area contributed by atoms with Crippen molar-refractivity contribution in [2.75, 3.05) is 5.32 Å². The maximum Gasteiger partial charge on any atom is 0.165 e. The Morgan fingerprint density at radius 1 is 1.12 bits per heavy atom. The van der Waals surface area contributed by atoms with Crippen LogP contribution in [0.15, 0.2) is 48.7 Å². The number of hydrogen-bond acceptors (Lipinski definition) is 6. The highest BCUT2D eigenvalue weighted by molar-refractivity contribution is 6.29. The molecular weight excluding hydrogens is 424 g/mol. The van der Waals surface area contributed by atoms with Crippen LogP contribution < -0.4 is 5.32 Å². The van der Waals surface area contributed by atoms with E-state index in [1.807, 2.05) is 49.5 Å². The Balaban J connectivity index is 1.54. The molecule has 1 aromatic carbocycles. The molecule has 4 aromatic rings. The molecule has 2 N–H and O–H groups in total. The normalized spacial score (nSPS) is 23.3. The zero-order chi connectivity index (χ0) is 22.1. The van der Waals surface area contributed by atoms with Gasteiger partial charge in [0.2, 0.25) is 0 Å². The summed E-state index contributed by atoms with van der Waals surface area (Å²) in [4.78, 5) is 9.18. The van der Waals surface area contributed by atoms with E-state index in [1.54, 1.807) is 10.6 Å². The van der Waals surface area contributed by atoms with Crippen LogP contribution in [0.4, 0.5) is 5.82 Å². The van der Waals surface area contributed by atoms with Crippen molar-refractivity contribution in [3.63, 3.8) is 0 Å². The van der Waals surface area contributed by atoms with Gasteiger partial charge in [-0.05, 0) is 62.1 Å². The molecule has 0 spiro atoms. The molecule has 0 atom stereocenters. The maximum absolute atomic E-state index is 10.1. The summed E-state index contributed by atoms with van der Waals surface area (Å²) in [6.07, 6.45) is 4.14. The largest absolute Gasteiger partial charge is 0.390 e. The summed E-state index contributed by atoms with van der Waals surface area (Å²) < 4.78 is 1.74. The summed E-state index contributed by atoms with van der Waals surface area (Å²) in [6.45, 7) is 1.89. The van der Waals surface area contributed by atoms with Crippen LogP contribution in [0.2, 0.25) is 5.15 Å². The fraction of sp³-hybridized carbons (Fsp3) is 0.250. The third-order valence-corrected chi connectivity index (χ3v) is 6.55. The van der Waals surface area contributed by atoms with Gasteiger partial charge in [0.25, 0.3) is 0 Å². The van der Waals surface area contributed by atoms with Crippen molar-refractivity contribution in [1.82, 2.24) is 19.6 Å². The second-order valence-corrected chi connectivity index (χ2v) is 9.36. The number of aryl methyl sites for hydroxylation is 1. The van der Waals surface area contributed by atoms with Gasteiger partial charge >= 0.3 is 0 Å². The van der Waals surface area contributed by atoms with Crippen molar-refractivity contribution in [3.8, 4) is 28.5 Å². The monoisotopic (exact) mass is 442 g/mol. The second-order valence-electron chi connectivity index (χ2n) is 8.98. The van der Waals surface area contributed by atoms with Crippen LogP contribution >= 0.6 is 11.6 Å². The third kappa shape index (κ3) is 2.95. The highest BCUT2D eigenvalue weighted by Gasteiger charge is 2.67. The first-order valence-electron chi connectivity index (χ1n) is 10.4. The number of fused-ring (bicyclic) bond motifs is 1. The number of aliphatic hydroxyl groups is 1. The first-order chi connectivity index (χ1) is 15.4. The highest BCUT2D eigenvalue weighted by atomic mass is 35.5. The Labute approximate surface area is 189 Å². The number of aromatic nitrogens is 4. The number of anilines is 1. The molecule has 3 saturated carbocycles. The Hall–Kier alpha value is -3.47. The van der Waals surface area contributed by atoms with Gasteiger partial charge in [-0.1, -0.05) is 23.7 Å².